The van der Waals surface area contributed by atoms with Gasteiger partial charge in [0.15, 0.2) is 0 Å². The molecule has 1 amide bonds. The SMILES string of the molecule is O=C(c1cnn(Cc2ccccc2)c1)N1C[C@H]2CC=CC[C@H]2C1. The maximum absolute atomic E-state index is 12.7. The zero-order valence-electron chi connectivity index (χ0n) is 13.1. The van der Waals surface area contributed by atoms with Crippen molar-refractivity contribution in [3.05, 3.63) is 66.0 Å². The van der Waals surface area contributed by atoms with Crippen molar-refractivity contribution in [2.75, 3.05) is 13.1 Å². The molecule has 2 atom stereocenters. The van der Waals surface area contributed by atoms with E-state index in [0.29, 0.717) is 23.9 Å². The van der Waals surface area contributed by atoms with E-state index in [1.807, 2.05) is 34.0 Å². The minimum Gasteiger partial charge on any atom is -0.338 e. The van der Waals surface area contributed by atoms with Crippen LogP contribution in [-0.2, 0) is 6.54 Å². The Morgan fingerprint density at radius 2 is 1.78 bits per heavy atom. The van der Waals surface area contributed by atoms with Crippen molar-refractivity contribution in [1.82, 2.24) is 14.7 Å². The first-order valence-corrected chi connectivity index (χ1v) is 8.30. The second kappa shape index (κ2) is 6.03. The number of rotatable bonds is 3. The predicted molar refractivity (Wildman–Crippen MR) is 89.0 cm³/mol. The molecule has 0 spiro atoms. The van der Waals surface area contributed by atoms with Crippen molar-refractivity contribution in [1.29, 1.82) is 0 Å². The van der Waals surface area contributed by atoms with Gasteiger partial charge >= 0.3 is 0 Å². The highest BCUT2D eigenvalue weighted by Crippen LogP contribution is 2.33. The molecule has 2 heterocycles. The average molecular weight is 307 g/mol. The lowest BCUT2D eigenvalue weighted by molar-refractivity contribution is 0.0784. The van der Waals surface area contributed by atoms with E-state index in [1.54, 1.807) is 6.20 Å². The van der Waals surface area contributed by atoms with Crippen LogP contribution in [0.2, 0.25) is 0 Å². The monoisotopic (exact) mass is 307 g/mol. The quantitative estimate of drug-likeness (QED) is 0.818. The average Bonchev–Trinajstić information content (AvgIpc) is 3.21. The number of benzene rings is 1. The third-order valence-electron chi connectivity index (χ3n) is 4.98. The van der Waals surface area contributed by atoms with Gasteiger partial charge in [-0.2, -0.15) is 5.10 Å². The van der Waals surface area contributed by atoms with Crippen LogP contribution in [0.4, 0.5) is 0 Å². The number of allylic oxidation sites excluding steroid dienone is 2. The molecule has 118 valence electrons. The van der Waals surface area contributed by atoms with Crippen molar-refractivity contribution in [3.63, 3.8) is 0 Å². The summed E-state index contributed by atoms with van der Waals surface area (Å²) in [4.78, 5) is 14.7. The van der Waals surface area contributed by atoms with Crippen LogP contribution >= 0.6 is 0 Å². The number of fused-ring (bicyclic) bond motifs is 1. The Labute approximate surface area is 136 Å². The van der Waals surface area contributed by atoms with Gasteiger partial charge in [0.2, 0.25) is 0 Å². The summed E-state index contributed by atoms with van der Waals surface area (Å²) >= 11 is 0. The van der Waals surface area contributed by atoms with Gasteiger partial charge in [-0.25, -0.2) is 0 Å². The van der Waals surface area contributed by atoms with E-state index < -0.39 is 0 Å². The van der Waals surface area contributed by atoms with E-state index in [1.165, 1.54) is 5.56 Å². The molecule has 2 aromatic rings. The number of carbonyl (C=O) groups is 1. The molecule has 1 aliphatic heterocycles. The molecule has 1 aliphatic carbocycles. The van der Waals surface area contributed by atoms with Crippen LogP contribution < -0.4 is 0 Å². The molecule has 23 heavy (non-hydrogen) atoms. The molecule has 0 bridgehead atoms. The normalized spacial score (nSPS) is 23.0. The van der Waals surface area contributed by atoms with Crippen molar-refractivity contribution in [2.24, 2.45) is 11.8 Å². The van der Waals surface area contributed by atoms with Crippen LogP contribution in [0, 0.1) is 11.8 Å². The zero-order chi connectivity index (χ0) is 15.6. The molecule has 1 saturated heterocycles. The van der Waals surface area contributed by atoms with Crippen LogP contribution in [0.25, 0.3) is 0 Å². The third kappa shape index (κ3) is 2.93. The van der Waals surface area contributed by atoms with Gasteiger partial charge in [-0.05, 0) is 30.2 Å². The van der Waals surface area contributed by atoms with Gasteiger partial charge in [0.1, 0.15) is 0 Å². The lowest BCUT2D eigenvalue weighted by atomic mass is 9.86. The van der Waals surface area contributed by atoms with Gasteiger partial charge in [0.25, 0.3) is 5.91 Å². The number of likely N-dealkylation sites (tertiary alicyclic amines) is 1. The van der Waals surface area contributed by atoms with E-state index in [4.69, 9.17) is 0 Å². The van der Waals surface area contributed by atoms with Crippen molar-refractivity contribution in [3.8, 4) is 0 Å². The van der Waals surface area contributed by atoms with E-state index >= 15 is 0 Å². The number of amides is 1. The second-order valence-corrected chi connectivity index (χ2v) is 6.59. The van der Waals surface area contributed by atoms with Crippen LogP contribution in [0.3, 0.4) is 0 Å². The summed E-state index contributed by atoms with van der Waals surface area (Å²) in [6.45, 7) is 2.47. The molecular weight excluding hydrogens is 286 g/mol. The van der Waals surface area contributed by atoms with Crippen LogP contribution in [0.1, 0.15) is 28.8 Å². The lowest BCUT2D eigenvalue weighted by Crippen LogP contribution is -2.28. The number of hydrogen-bond donors (Lipinski definition) is 0. The largest absolute Gasteiger partial charge is 0.338 e. The Balaban J connectivity index is 1.43. The van der Waals surface area contributed by atoms with Crippen LogP contribution in [-0.4, -0.2) is 33.7 Å². The molecule has 1 aromatic carbocycles. The molecule has 4 nitrogen and oxygen atoms in total. The number of nitrogens with zero attached hydrogens (tertiary/aromatic N) is 3. The van der Waals surface area contributed by atoms with Gasteiger partial charge in [-0.3, -0.25) is 9.48 Å². The van der Waals surface area contributed by atoms with Gasteiger partial charge < -0.3 is 4.90 Å². The van der Waals surface area contributed by atoms with E-state index in [2.05, 4.69) is 29.4 Å². The third-order valence-corrected chi connectivity index (χ3v) is 4.98. The standard InChI is InChI=1S/C19H21N3O/c23-19(21-12-16-8-4-5-9-17(16)13-21)18-10-20-22(14-18)11-15-6-2-1-3-7-15/h1-7,10,14,16-17H,8-9,11-13H2/t16-,17+. The van der Waals surface area contributed by atoms with Gasteiger partial charge in [-0.1, -0.05) is 42.5 Å². The Bertz CT molecular complexity index is 703. The number of hydrogen-bond acceptors (Lipinski definition) is 2. The highest BCUT2D eigenvalue weighted by Gasteiger charge is 2.35. The summed E-state index contributed by atoms with van der Waals surface area (Å²) in [5, 5.41) is 4.35. The predicted octanol–water partition coefficient (Wildman–Crippen LogP) is 2.97. The fourth-order valence-corrected chi connectivity index (χ4v) is 3.69. The Morgan fingerprint density at radius 3 is 2.48 bits per heavy atom. The first kappa shape index (κ1) is 14.2. The minimum atomic E-state index is 0.124. The molecule has 1 aromatic heterocycles. The Hall–Kier alpha value is -2.36. The maximum atomic E-state index is 12.7. The molecule has 0 N–H and O–H groups in total. The summed E-state index contributed by atoms with van der Waals surface area (Å²) < 4.78 is 1.84. The lowest BCUT2D eigenvalue weighted by Gasteiger charge is -2.17. The van der Waals surface area contributed by atoms with E-state index in [-0.39, 0.29) is 5.91 Å². The molecule has 4 heteroatoms. The van der Waals surface area contributed by atoms with Crippen molar-refractivity contribution < 1.29 is 4.79 Å². The Morgan fingerprint density at radius 1 is 1.09 bits per heavy atom. The number of carbonyl (C=O) groups excluding carboxylic acids is 1. The Kier molecular flexibility index (Phi) is 3.74. The smallest absolute Gasteiger partial charge is 0.257 e. The van der Waals surface area contributed by atoms with Gasteiger partial charge in [-0.15, -0.1) is 0 Å². The fraction of sp³-hybridized carbons (Fsp3) is 0.368. The second-order valence-electron chi connectivity index (χ2n) is 6.59. The van der Waals surface area contributed by atoms with E-state index in [9.17, 15) is 4.79 Å². The fourth-order valence-electron chi connectivity index (χ4n) is 3.69. The van der Waals surface area contributed by atoms with Gasteiger partial charge in [0.05, 0.1) is 18.3 Å². The molecule has 1 fully saturated rings. The summed E-state index contributed by atoms with van der Waals surface area (Å²) in [6.07, 6.45) is 10.3. The zero-order valence-corrected chi connectivity index (χ0v) is 13.1. The molecule has 4 rings (SSSR count). The topological polar surface area (TPSA) is 38.1 Å². The van der Waals surface area contributed by atoms with Crippen LogP contribution in [0.5, 0.6) is 0 Å². The molecule has 0 unspecified atom stereocenters. The molecular formula is C19H21N3O. The summed E-state index contributed by atoms with van der Waals surface area (Å²) in [5.74, 6) is 1.41. The van der Waals surface area contributed by atoms with Crippen molar-refractivity contribution in [2.45, 2.75) is 19.4 Å². The molecule has 2 aliphatic rings. The molecule has 0 radical (unpaired) electrons. The summed E-state index contributed by atoms with van der Waals surface area (Å²) in [5.41, 5.74) is 1.89. The highest BCUT2D eigenvalue weighted by molar-refractivity contribution is 5.94. The van der Waals surface area contributed by atoms with Gasteiger partial charge in [0, 0.05) is 19.3 Å². The number of aromatic nitrogens is 2. The maximum Gasteiger partial charge on any atom is 0.257 e. The summed E-state index contributed by atoms with van der Waals surface area (Å²) in [7, 11) is 0. The molecule has 0 saturated carbocycles. The first-order chi connectivity index (χ1) is 11.3. The highest BCUT2D eigenvalue weighted by atomic mass is 16.2. The summed E-state index contributed by atoms with van der Waals surface area (Å²) in [6, 6.07) is 10.2. The van der Waals surface area contributed by atoms with Crippen LogP contribution in [0.15, 0.2) is 54.9 Å². The van der Waals surface area contributed by atoms with E-state index in [0.717, 1.165) is 25.9 Å². The van der Waals surface area contributed by atoms with Crippen molar-refractivity contribution >= 4 is 5.91 Å². The minimum absolute atomic E-state index is 0.124. The first-order valence-electron chi connectivity index (χ1n) is 8.30.